The van der Waals surface area contributed by atoms with E-state index in [-0.39, 0.29) is 35.9 Å². The lowest BCUT2D eigenvalue weighted by atomic mass is 10.1. The van der Waals surface area contributed by atoms with E-state index in [0.29, 0.717) is 38.3 Å². The molecule has 0 spiro atoms. The summed E-state index contributed by atoms with van der Waals surface area (Å²) in [6.45, 7) is 2.53. The fourth-order valence-electron chi connectivity index (χ4n) is 4.16. The molecule has 6 nitrogen and oxygen atoms in total. The highest BCUT2D eigenvalue weighted by molar-refractivity contribution is 5.89. The number of amides is 2. The van der Waals surface area contributed by atoms with Gasteiger partial charge in [-0.3, -0.25) is 14.5 Å². The predicted molar refractivity (Wildman–Crippen MR) is 110 cm³/mol. The van der Waals surface area contributed by atoms with Crippen LogP contribution in [0, 0.1) is 5.92 Å². The third-order valence-corrected chi connectivity index (χ3v) is 5.76. The SMILES string of the molecule is O=C(NCc1ccccc1)C1CC(=O)N(C2CN(Cc3cccc(OC(F)(F)F)c3)C2)C1. The van der Waals surface area contributed by atoms with Crippen molar-refractivity contribution in [1.29, 1.82) is 0 Å². The largest absolute Gasteiger partial charge is 0.573 e. The maximum atomic E-state index is 12.5. The van der Waals surface area contributed by atoms with Crippen molar-refractivity contribution in [2.75, 3.05) is 19.6 Å². The van der Waals surface area contributed by atoms with Crippen LogP contribution in [0.4, 0.5) is 13.2 Å². The van der Waals surface area contributed by atoms with E-state index in [0.717, 1.165) is 5.56 Å². The third kappa shape index (κ3) is 5.59. The van der Waals surface area contributed by atoms with Crippen LogP contribution < -0.4 is 10.1 Å². The van der Waals surface area contributed by atoms with Gasteiger partial charge in [0, 0.05) is 39.1 Å². The first-order chi connectivity index (χ1) is 15.3. The zero-order valence-corrected chi connectivity index (χ0v) is 17.3. The van der Waals surface area contributed by atoms with Gasteiger partial charge in [-0.25, -0.2) is 0 Å². The van der Waals surface area contributed by atoms with Crippen molar-refractivity contribution in [3.8, 4) is 5.75 Å². The van der Waals surface area contributed by atoms with E-state index in [9.17, 15) is 22.8 Å². The van der Waals surface area contributed by atoms with Gasteiger partial charge < -0.3 is 15.0 Å². The summed E-state index contributed by atoms with van der Waals surface area (Å²) < 4.78 is 41.2. The Kier molecular flexibility index (Phi) is 6.36. The number of likely N-dealkylation sites (tertiary alicyclic amines) is 2. The molecule has 170 valence electrons. The molecule has 0 aliphatic carbocycles. The molecule has 1 N–H and O–H groups in total. The highest BCUT2D eigenvalue weighted by Crippen LogP contribution is 2.28. The number of benzene rings is 2. The van der Waals surface area contributed by atoms with E-state index in [1.54, 1.807) is 11.0 Å². The van der Waals surface area contributed by atoms with Gasteiger partial charge in [-0.2, -0.15) is 0 Å². The molecule has 2 saturated heterocycles. The first-order valence-electron chi connectivity index (χ1n) is 10.4. The molecule has 32 heavy (non-hydrogen) atoms. The molecule has 0 aromatic heterocycles. The molecule has 1 unspecified atom stereocenters. The maximum Gasteiger partial charge on any atom is 0.573 e. The second-order valence-corrected chi connectivity index (χ2v) is 8.19. The zero-order chi connectivity index (χ0) is 22.7. The van der Waals surface area contributed by atoms with Crippen molar-refractivity contribution in [2.45, 2.75) is 31.9 Å². The quantitative estimate of drug-likeness (QED) is 0.709. The Morgan fingerprint density at radius 2 is 1.75 bits per heavy atom. The summed E-state index contributed by atoms with van der Waals surface area (Å²) in [5.41, 5.74) is 1.71. The number of rotatable bonds is 7. The number of halogens is 3. The van der Waals surface area contributed by atoms with Crippen molar-refractivity contribution in [2.24, 2.45) is 5.92 Å². The highest BCUT2D eigenvalue weighted by atomic mass is 19.4. The lowest BCUT2D eigenvalue weighted by molar-refractivity contribution is -0.274. The number of alkyl halides is 3. The molecule has 4 rings (SSSR count). The molecule has 0 radical (unpaired) electrons. The summed E-state index contributed by atoms with van der Waals surface area (Å²) in [7, 11) is 0. The van der Waals surface area contributed by atoms with Gasteiger partial charge in [-0.15, -0.1) is 13.2 Å². The minimum absolute atomic E-state index is 0.0176. The average molecular weight is 447 g/mol. The van der Waals surface area contributed by atoms with Gasteiger partial charge in [0.2, 0.25) is 11.8 Å². The van der Waals surface area contributed by atoms with Crippen LogP contribution >= 0.6 is 0 Å². The van der Waals surface area contributed by atoms with E-state index in [1.165, 1.54) is 18.2 Å². The number of nitrogens with zero attached hydrogens (tertiary/aromatic N) is 2. The molecule has 2 amide bonds. The average Bonchev–Trinajstić information content (AvgIpc) is 3.09. The summed E-state index contributed by atoms with van der Waals surface area (Å²) in [5.74, 6) is -0.764. The highest BCUT2D eigenvalue weighted by Gasteiger charge is 2.42. The molecular formula is C23H24F3N3O3. The second kappa shape index (κ2) is 9.20. The van der Waals surface area contributed by atoms with Gasteiger partial charge in [0.05, 0.1) is 12.0 Å². The van der Waals surface area contributed by atoms with E-state index in [1.807, 2.05) is 35.2 Å². The smallest absolute Gasteiger partial charge is 0.406 e. The summed E-state index contributed by atoms with van der Waals surface area (Å²) in [6, 6.07) is 15.5. The lowest BCUT2D eigenvalue weighted by Gasteiger charge is -2.44. The monoisotopic (exact) mass is 447 g/mol. The van der Waals surface area contributed by atoms with Gasteiger partial charge in [-0.1, -0.05) is 42.5 Å². The summed E-state index contributed by atoms with van der Waals surface area (Å²) in [5, 5.41) is 2.90. The predicted octanol–water partition coefficient (Wildman–Crippen LogP) is 2.93. The van der Waals surface area contributed by atoms with Gasteiger partial charge in [-0.05, 0) is 23.3 Å². The van der Waals surface area contributed by atoms with Crippen molar-refractivity contribution in [3.63, 3.8) is 0 Å². The van der Waals surface area contributed by atoms with Crippen molar-refractivity contribution >= 4 is 11.8 Å². The van der Waals surface area contributed by atoms with Crippen LogP contribution in [0.3, 0.4) is 0 Å². The minimum atomic E-state index is -4.72. The van der Waals surface area contributed by atoms with E-state index in [4.69, 9.17) is 0 Å². The first-order valence-corrected chi connectivity index (χ1v) is 10.4. The van der Waals surface area contributed by atoms with Crippen molar-refractivity contribution in [1.82, 2.24) is 15.1 Å². The van der Waals surface area contributed by atoms with Gasteiger partial charge in [0.15, 0.2) is 0 Å². The Hall–Kier alpha value is -3.07. The maximum absolute atomic E-state index is 12.5. The standard InChI is InChI=1S/C23H24F3N3O3/c24-23(25,26)32-20-8-4-7-17(9-20)12-28-14-19(15-28)29-13-18(10-21(29)30)22(31)27-11-16-5-2-1-3-6-16/h1-9,18-19H,10-15H2,(H,27,31). The molecule has 9 heteroatoms. The third-order valence-electron chi connectivity index (χ3n) is 5.76. The molecule has 2 aromatic carbocycles. The first kappa shape index (κ1) is 22.1. The topological polar surface area (TPSA) is 61.9 Å². The summed E-state index contributed by atoms with van der Waals surface area (Å²) >= 11 is 0. The molecule has 0 saturated carbocycles. The summed E-state index contributed by atoms with van der Waals surface area (Å²) in [4.78, 5) is 28.7. The molecule has 2 heterocycles. The van der Waals surface area contributed by atoms with Gasteiger partial charge in [0.25, 0.3) is 0 Å². The molecule has 1 atom stereocenters. The Balaban J connectivity index is 1.24. The van der Waals surface area contributed by atoms with Crippen LogP contribution in [-0.4, -0.2) is 53.7 Å². The van der Waals surface area contributed by atoms with Crippen molar-refractivity contribution < 1.29 is 27.5 Å². The number of carbonyl (C=O) groups is 2. The lowest BCUT2D eigenvalue weighted by Crippen LogP contribution is -2.59. The Morgan fingerprint density at radius 3 is 2.47 bits per heavy atom. The Morgan fingerprint density at radius 1 is 1.03 bits per heavy atom. The number of nitrogens with one attached hydrogen (secondary N) is 1. The fourth-order valence-corrected chi connectivity index (χ4v) is 4.16. The summed E-state index contributed by atoms with van der Waals surface area (Å²) in [6.07, 6.45) is -4.52. The van der Waals surface area contributed by atoms with Crippen LogP contribution in [0.25, 0.3) is 0 Å². The number of ether oxygens (including phenoxy) is 1. The van der Waals surface area contributed by atoms with Crippen LogP contribution in [-0.2, 0) is 22.7 Å². The van der Waals surface area contributed by atoms with Crippen LogP contribution in [0.15, 0.2) is 54.6 Å². The van der Waals surface area contributed by atoms with Gasteiger partial charge >= 0.3 is 6.36 Å². The number of carbonyl (C=O) groups excluding carboxylic acids is 2. The molecule has 2 aromatic rings. The number of hydrogen-bond acceptors (Lipinski definition) is 4. The molecular weight excluding hydrogens is 423 g/mol. The van der Waals surface area contributed by atoms with Crippen molar-refractivity contribution in [3.05, 3.63) is 65.7 Å². The normalized spacial score (nSPS) is 19.7. The molecule has 2 fully saturated rings. The zero-order valence-electron chi connectivity index (χ0n) is 17.3. The molecule has 2 aliphatic rings. The van der Waals surface area contributed by atoms with Crippen LogP contribution in [0.5, 0.6) is 5.75 Å². The second-order valence-electron chi connectivity index (χ2n) is 8.19. The minimum Gasteiger partial charge on any atom is -0.406 e. The van der Waals surface area contributed by atoms with Crippen LogP contribution in [0.1, 0.15) is 17.5 Å². The van der Waals surface area contributed by atoms with E-state index < -0.39 is 6.36 Å². The molecule has 0 bridgehead atoms. The fraction of sp³-hybridized carbons (Fsp3) is 0.391. The van der Waals surface area contributed by atoms with E-state index in [2.05, 4.69) is 10.1 Å². The van der Waals surface area contributed by atoms with Gasteiger partial charge in [0.1, 0.15) is 5.75 Å². The van der Waals surface area contributed by atoms with Crippen LogP contribution in [0.2, 0.25) is 0 Å². The van der Waals surface area contributed by atoms with E-state index >= 15 is 0 Å². The Bertz CT molecular complexity index is 962. The Labute approximate surface area is 183 Å². The number of hydrogen-bond donors (Lipinski definition) is 1. The molecule has 2 aliphatic heterocycles.